The van der Waals surface area contributed by atoms with Crippen molar-refractivity contribution in [1.82, 2.24) is 10.2 Å². The molecule has 1 saturated heterocycles. The van der Waals surface area contributed by atoms with Crippen LogP contribution in [0, 0.1) is 0 Å². The summed E-state index contributed by atoms with van der Waals surface area (Å²) in [6, 6.07) is 0.504. The van der Waals surface area contributed by atoms with Gasteiger partial charge in [0.2, 0.25) is 0 Å². The first-order valence-corrected chi connectivity index (χ1v) is 7.37. The number of hydrogen-bond donors (Lipinski definition) is 1. The fourth-order valence-corrected chi connectivity index (χ4v) is 2.57. The molecular formula is C14H30N2O2. The molecule has 4 nitrogen and oxygen atoms in total. The highest BCUT2D eigenvalue weighted by atomic mass is 16.5. The van der Waals surface area contributed by atoms with Crippen LogP contribution in [0.4, 0.5) is 0 Å². The van der Waals surface area contributed by atoms with Crippen LogP contribution < -0.4 is 5.32 Å². The predicted octanol–water partition coefficient (Wildman–Crippen LogP) is 1.50. The Morgan fingerprint density at radius 2 is 2.00 bits per heavy atom. The third kappa shape index (κ3) is 5.65. The molecule has 0 aromatic carbocycles. The number of methoxy groups -OCH3 is 1. The number of rotatable bonds is 9. The number of piperidine rings is 1. The monoisotopic (exact) mass is 258 g/mol. The summed E-state index contributed by atoms with van der Waals surface area (Å²) in [5, 5.41) is 3.50. The molecule has 18 heavy (non-hydrogen) atoms. The molecule has 0 amide bonds. The Balaban J connectivity index is 2.30. The second-order valence-corrected chi connectivity index (χ2v) is 5.00. The maximum Gasteiger partial charge on any atom is 0.0630 e. The van der Waals surface area contributed by atoms with Gasteiger partial charge in [0.1, 0.15) is 0 Å². The molecular weight excluding hydrogens is 228 g/mol. The van der Waals surface area contributed by atoms with E-state index in [1.165, 1.54) is 6.42 Å². The number of nitrogens with one attached hydrogen (secondary N) is 1. The van der Waals surface area contributed by atoms with E-state index in [0.717, 1.165) is 52.2 Å². The Morgan fingerprint density at radius 3 is 2.56 bits per heavy atom. The van der Waals surface area contributed by atoms with E-state index in [-0.39, 0.29) is 0 Å². The first-order valence-electron chi connectivity index (χ1n) is 7.37. The Kier molecular flexibility index (Phi) is 8.59. The number of nitrogens with zero attached hydrogens (tertiary/aromatic N) is 1. The van der Waals surface area contributed by atoms with Crippen LogP contribution in [0.25, 0.3) is 0 Å². The lowest BCUT2D eigenvalue weighted by Crippen LogP contribution is -2.49. The maximum absolute atomic E-state index is 5.70. The Morgan fingerprint density at radius 1 is 1.28 bits per heavy atom. The molecule has 0 aliphatic carbocycles. The van der Waals surface area contributed by atoms with Crippen molar-refractivity contribution in [3.63, 3.8) is 0 Å². The Bertz CT molecular complexity index is 194. The second-order valence-electron chi connectivity index (χ2n) is 5.00. The van der Waals surface area contributed by atoms with Crippen LogP contribution in [0.15, 0.2) is 0 Å². The van der Waals surface area contributed by atoms with Gasteiger partial charge in [0, 0.05) is 39.4 Å². The van der Waals surface area contributed by atoms with Crippen LogP contribution in [0.2, 0.25) is 0 Å². The van der Waals surface area contributed by atoms with Gasteiger partial charge in [-0.3, -0.25) is 4.90 Å². The molecule has 1 atom stereocenters. The zero-order valence-electron chi connectivity index (χ0n) is 12.3. The summed E-state index contributed by atoms with van der Waals surface area (Å²) in [6.07, 6.45) is 3.97. The lowest BCUT2D eigenvalue weighted by Gasteiger charge is -2.37. The lowest BCUT2D eigenvalue weighted by molar-refractivity contribution is -0.00685. The average molecular weight is 258 g/mol. The highest BCUT2D eigenvalue weighted by Crippen LogP contribution is 2.16. The van der Waals surface area contributed by atoms with E-state index in [9.17, 15) is 0 Å². The van der Waals surface area contributed by atoms with Gasteiger partial charge in [-0.1, -0.05) is 6.92 Å². The Labute approximate surface area is 112 Å². The number of hydrogen-bond acceptors (Lipinski definition) is 4. The number of likely N-dealkylation sites (tertiary alicyclic amines) is 1. The normalized spacial score (nSPS) is 20.2. The molecule has 0 saturated carbocycles. The molecule has 1 aliphatic heterocycles. The van der Waals surface area contributed by atoms with E-state index in [2.05, 4.69) is 24.1 Å². The zero-order valence-corrected chi connectivity index (χ0v) is 12.3. The van der Waals surface area contributed by atoms with Gasteiger partial charge in [0.15, 0.2) is 0 Å². The van der Waals surface area contributed by atoms with Gasteiger partial charge in [-0.2, -0.15) is 0 Å². The van der Waals surface area contributed by atoms with Crippen LogP contribution in [0.5, 0.6) is 0 Å². The molecule has 1 N–H and O–H groups in total. The Hall–Kier alpha value is -0.160. The van der Waals surface area contributed by atoms with E-state index in [4.69, 9.17) is 9.47 Å². The molecule has 4 heteroatoms. The van der Waals surface area contributed by atoms with Crippen LogP contribution in [-0.4, -0.2) is 63.5 Å². The standard InChI is InChI=1S/C14H30N2O2/c1-4-8-15-11-13(12-17-3)16-9-6-14(7-10-16)18-5-2/h13-15H,4-12H2,1-3H3. The molecule has 0 aromatic rings. The van der Waals surface area contributed by atoms with Gasteiger partial charge in [-0.05, 0) is 32.7 Å². The van der Waals surface area contributed by atoms with Crippen LogP contribution in [0.1, 0.15) is 33.1 Å². The van der Waals surface area contributed by atoms with E-state index in [0.29, 0.717) is 12.1 Å². The van der Waals surface area contributed by atoms with Crippen molar-refractivity contribution >= 4 is 0 Å². The van der Waals surface area contributed by atoms with Gasteiger partial charge in [-0.15, -0.1) is 0 Å². The predicted molar refractivity (Wildman–Crippen MR) is 75.0 cm³/mol. The number of ether oxygens (including phenoxy) is 2. The van der Waals surface area contributed by atoms with Crippen molar-refractivity contribution in [2.24, 2.45) is 0 Å². The second kappa shape index (κ2) is 9.73. The maximum atomic E-state index is 5.70. The highest BCUT2D eigenvalue weighted by Gasteiger charge is 2.24. The van der Waals surface area contributed by atoms with Crippen molar-refractivity contribution in [2.45, 2.75) is 45.3 Å². The fourth-order valence-electron chi connectivity index (χ4n) is 2.57. The minimum absolute atomic E-state index is 0.470. The van der Waals surface area contributed by atoms with Gasteiger partial charge in [0.05, 0.1) is 12.7 Å². The van der Waals surface area contributed by atoms with Gasteiger partial charge in [0.25, 0.3) is 0 Å². The summed E-state index contributed by atoms with van der Waals surface area (Å²) in [5.41, 5.74) is 0. The first-order chi connectivity index (χ1) is 8.81. The molecule has 1 fully saturated rings. The topological polar surface area (TPSA) is 33.7 Å². The molecule has 0 aromatic heterocycles. The van der Waals surface area contributed by atoms with Crippen molar-refractivity contribution in [2.75, 3.05) is 46.5 Å². The first kappa shape index (κ1) is 15.9. The smallest absolute Gasteiger partial charge is 0.0630 e. The summed E-state index contributed by atoms with van der Waals surface area (Å²) in [5.74, 6) is 0. The third-order valence-corrected chi connectivity index (χ3v) is 3.56. The summed E-state index contributed by atoms with van der Waals surface area (Å²) >= 11 is 0. The fraction of sp³-hybridized carbons (Fsp3) is 1.00. The van der Waals surface area contributed by atoms with Gasteiger partial charge < -0.3 is 14.8 Å². The lowest BCUT2D eigenvalue weighted by atomic mass is 10.1. The molecule has 1 aliphatic rings. The molecule has 1 unspecified atom stereocenters. The summed E-state index contributed by atoms with van der Waals surface area (Å²) in [6.45, 7) is 10.3. The zero-order chi connectivity index (χ0) is 13.2. The van der Waals surface area contributed by atoms with Crippen LogP contribution >= 0.6 is 0 Å². The highest BCUT2D eigenvalue weighted by molar-refractivity contribution is 4.80. The van der Waals surface area contributed by atoms with Crippen molar-refractivity contribution in [3.05, 3.63) is 0 Å². The van der Waals surface area contributed by atoms with E-state index < -0.39 is 0 Å². The van der Waals surface area contributed by atoms with E-state index >= 15 is 0 Å². The minimum Gasteiger partial charge on any atom is -0.383 e. The summed E-state index contributed by atoms with van der Waals surface area (Å²) < 4.78 is 11.0. The summed E-state index contributed by atoms with van der Waals surface area (Å²) in [4.78, 5) is 2.54. The molecule has 1 rings (SSSR count). The quantitative estimate of drug-likeness (QED) is 0.636. The van der Waals surface area contributed by atoms with Crippen molar-refractivity contribution in [1.29, 1.82) is 0 Å². The van der Waals surface area contributed by atoms with Gasteiger partial charge >= 0.3 is 0 Å². The SMILES string of the molecule is CCCNCC(COC)N1CCC(OCC)CC1. The van der Waals surface area contributed by atoms with E-state index in [1.807, 2.05) is 0 Å². The third-order valence-electron chi connectivity index (χ3n) is 3.56. The average Bonchev–Trinajstić information content (AvgIpc) is 2.39. The molecule has 0 radical (unpaired) electrons. The van der Waals surface area contributed by atoms with Crippen molar-refractivity contribution < 1.29 is 9.47 Å². The minimum atomic E-state index is 0.470. The van der Waals surface area contributed by atoms with Gasteiger partial charge in [-0.25, -0.2) is 0 Å². The van der Waals surface area contributed by atoms with Crippen LogP contribution in [0.3, 0.4) is 0 Å². The molecule has 0 bridgehead atoms. The van der Waals surface area contributed by atoms with E-state index in [1.54, 1.807) is 7.11 Å². The van der Waals surface area contributed by atoms with Crippen molar-refractivity contribution in [3.8, 4) is 0 Å². The molecule has 1 heterocycles. The van der Waals surface area contributed by atoms with Crippen LogP contribution in [-0.2, 0) is 9.47 Å². The molecule has 0 spiro atoms. The largest absolute Gasteiger partial charge is 0.383 e. The molecule has 108 valence electrons. The summed E-state index contributed by atoms with van der Waals surface area (Å²) in [7, 11) is 1.79.